The van der Waals surface area contributed by atoms with Gasteiger partial charge in [0.1, 0.15) is 5.41 Å². The summed E-state index contributed by atoms with van der Waals surface area (Å²) in [6.45, 7) is 0.410. The van der Waals surface area contributed by atoms with Crippen LogP contribution in [0.3, 0.4) is 0 Å². The lowest BCUT2D eigenvalue weighted by atomic mass is 9.88. The molecule has 0 bridgehead atoms. The van der Waals surface area contributed by atoms with E-state index in [1.807, 2.05) is 6.92 Å². The molecule has 2 aromatic rings. The zero-order valence-corrected chi connectivity index (χ0v) is 20.1. The first-order valence-corrected chi connectivity index (χ1v) is 10.9. The standard InChI is InChI=1S/C21H22ClF5N6O3/c1-4-5-36-12(2)6-13(9-31(11-34)18(23)24)29-19(35)32-10-20(3,21(25,26)27)17-14(32)8-28-16-7-15(22)30-33(16)17/h6-9,11,18H,4-5,10H2,1-3H3,(H,29,35)/b12-6+,13-9+/t20-/m1/s1. The highest BCUT2D eigenvalue weighted by atomic mass is 35.5. The molecule has 1 atom stereocenters. The third-order valence-corrected chi connectivity index (χ3v) is 5.56. The van der Waals surface area contributed by atoms with Crippen LogP contribution in [0.5, 0.6) is 0 Å². The number of hydrogen-bond donors (Lipinski definition) is 1. The molecule has 196 valence electrons. The van der Waals surface area contributed by atoms with Gasteiger partial charge >= 0.3 is 18.8 Å². The van der Waals surface area contributed by atoms with Gasteiger partial charge in [0.2, 0.25) is 6.41 Å². The van der Waals surface area contributed by atoms with Crippen LogP contribution < -0.4 is 10.2 Å². The minimum Gasteiger partial charge on any atom is -0.498 e. The smallest absolute Gasteiger partial charge is 0.401 e. The van der Waals surface area contributed by atoms with E-state index in [4.69, 9.17) is 16.3 Å². The number of anilines is 1. The fraction of sp³-hybridized carbons (Fsp3) is 0.429. The first kappa shape index (κ1) is 27.2. The van der Waals surface area contributed by atoms with Crippen molar-refractivity contribution in [3.8, 4) is 0 Å². The SMILES string of the molecule is CCCO/C(C)=C/C(=C\N(C=O)C(F)F)NC(=O)N1C[C@@](C)(C(F)(F)F)c2c1cnc1cc(Cl)nn21. The second kappa shape index (κ2) is 10.3. The van der Waals surface area contributed by atoms with E-state index >= 15 is 0 Å². The molecule has 2 aromatic heterocycles. The molecule has 0 aliphatic carbocycles. The minimum atomic E-state index is -4.81. The summed E-state index contributed by atoms with van der Waals surface area (Å²) in [4.78, 5) is 29.0. The van der Waals surface area contributed by atoms with Gasteiger partial charge in [0.05, 0.1) is 35.6 Å². The summed E-state index contributed by atoms with van der Waals surface area (Å²) in [5.41, 5.74) is -3.41. The molecule has 36 heavy (non-hydrogen) atoms. The van der Waals surface area contributed by atoms with Crippen LogP contribution in [0.4, 0.5) is 32.4 Å². The Hall–Kier alpha value is -3.42. The van der Waals surface area contributed by atoms with Crippen molar-refractivity contribution in [3.05, 3.63) is 46.8 Å². The van der Waals surface area contributed by atoms with Crippen molar-refractivity contribution in [2.24, 2.45) is 0 Å². The number of amides is 3. The molecule has 0 saturated carbocycles. The Morgan fingerprint density at radius 2 is 2.11 bits per heavy atom. The molecule has 3 heterocycles. The molecule has 15 heteroatoms. The number of aromatic nitrogens is 3. The van der Waals surface area contributed by atoms with Gasteiger partial charge in [-0.3, -0.25) is 14.6 Å². The van der Waals surface area contributed by atoms with E-state index in [2.05, 4.69) is 15.4 Å². The van der Waals surface area contributed by atoms with Crippen molar-refractivity contribution in [2.75, 3.05) is 18.1 Å². The Morgan fingerprint density at radius 1 is 1.42 bits per heavy atom. The average Bonchev–Trinajstić information content (AvgIpc) is 3.32. The number of urea groups is 1. The van der Waals surface area contributed by atoms with Crippen LogP contribution in [0.25, 0.3) is 5.65 Å². The molecule has 3 amide bonds. The molecule has 0 fully saturated rings. The lowest BCUT2D eigenvalue weighted by Crippen LogP contribution is -2.47. The van der Waals surface area contributed by atoms with E-state index < -0.39 is 30.7 Å². The number of hydrogen-bond acceptors (Lipinski definition) is 5. The molecule has 0 aromatic carbocycles. The number of carbonyl (C=O) groups is 2. The Labute approximate surface area is 207 Å². The Bertz CT molecular complexity index is 1210. The van der Waals surface area contributed by atoms with Gasteiger partial charge in [-0.1, -0.05) is 18.5 Å². The quantitative estimate of drug-likeness (QED) is 0.175. The third-order valence-electron chi connectivity index (χ3n) is 5.37. The van der Waals surface area contributed by atoms with Crippen LogP contribution in [0, 0.1) is 0 Å². The fourth-order valence-electron chi connectivity index (χ4n) is 3.61. The monoisotopic (exact) mass is 536 g/mol. The number of rotatable bonds is 8. The van der Waals surface area contributed by atoms with E-state index in [-0.39, 0.29) is 51.6 Å². The maximum atomic E-state index is 14.2. The van der Waals surface area contributed by atoms with Crippen molar-refractivity contribution >= 4 is 35.4 Å². The van der Waals surface area contributed by atoms with Crippen molar-refractivity contribution < 1.29 is 36.3 Å². The molecular formula is C21H22ClF5N6O3. The van der Waals surface area contributed by atoms with Gasteiger partial charge in [-0.25, -0.2) is 14.3 Å². The second-order valence-corrected chi connectivity index (χ2v) is 8.48. The van der Waals surface area contributed by atoms with Gasteiger partial charge in [0.25, 0.3) is 0 Å². The van der Waals surface area contributed by atoms with Crippen molar-refractivity contribution in [1.29, 1.82) is 0 Å². The Kier molecular flexibility index (Phi) is 7.76. The molecule has 0 unspecified atom stereocenters. The first-order chi connectivity index (χ1) is 16.8. The lowest BCUT2D eigenvalue weighted by molar-refractivity contribution is -0.181. The van der Waals surface area contributed by atoms with E-state index in [1.165, 1.54) is 19.1 Å². The second-order valence-electron chi connectivity index (χ2n) is 8.09. The summed E-state index contributed by atoms with van der Waals surface area (Å²) in [7, 11) is 0. The van der Waals surface area contributed by atoms with Crippen LogP contribution in [-0.4, -0.2) is 57.8 Å². The van der Waals surface area contributed by atoms with E-state index in [0.29, 0.717) is 12.6 Å². The molecule has 0 radical (unpaired) electrons. The van der Waals surface area contributed by atoms with Crippen LogP contribution >= 0.6 is 11.6 Å². The maximum absolute atomic E-state index is 14.2. The number of nitrogens with one attached hydrogen (secondary N) is 1. The van der Waals surface area contributed by atoms with Crippen LogP contribution in [0.1, 0.15) is 32.9 Å². The number of nitrogens with zero attached hydrogens (tertiary/aromatic N) is 5. The van der Waals surface area contributed by atoms with E-state index in [9.17, 15) is 31.5 Å². The van der Waals surface area contributed by atoms with Crippen molar-refractivity contribution in [1.82, 2.24) is 24.8 Å². The lowest BCUT2D eigenvalue weighted by Gasteiger charge is -2.28. The summed E-state index contributed by atoms with van der Waals surface area (Å²) in [6.07, 6.45) is -1.46. The average molecular weight is 537 g/mol. The van der Waals surface area contributed by atoms with Crippen molar-refractivity contribution in [2.45, 2.75) is 45.3 Å². The number of fused-ring (bicyclic) bond motifs is 3. The largest absolute Gasteiger partial charge is 0.498 e. The zero-order chi connectivity index (χ0) is 26.8. The molecule has 0 spiro atoms. The molecule has 1 N–H and O–H groups in total. The summed E-state index contributed by atoms with van der Waals surface area (Å²) < 4.78 is 75.3. The zero-order valence-electron chi connectivity index (χ0n) is 19.3. The number of allylic oxidation sites excluding steroid dienone is 2. The van der Waals surface area contributed by atoms with Crippen LogP contribution in [0.2, 0.25) is 5.15 Å². The molecule has 3 rings (SSSR count). The number of carbonyl (C=O) groups excluding carboxylic acids is 2. The summed E-state index contributed by atoms with van der Waals surface area (Å²) in [5, 5.41) is 6.06. The summed E-state index contributed by atoms with van der Waals surface area (Å²) in [5.74, 6) is 0.208. The molecule has 9 nitrogen and oxygen atoms in total. The molecule has 0 saturated heterocycles. The van der Waals surface area contributed by atoms with Gasteiger partial charge in [0, 0.05) is 24.9 Å². The topological polar surface area (TPSA) is 92.1 Å². The van der Waals surface area contributed by atoms with Gasteiger partial charge in [-0.05, 0) is 20.3 Å². The third kappa shape index (κ3) is 5.22. The number of halogens is 6. The van der Waals surface area contributed by atoms with Crippen LogP contribution in [-0.2, 0) is 14.9 Å². The Balaban J connectivity index is 2.05. The van der Waals surface area contributed by atoms with Gasteiger partial charge in [-0.15, -0.1) is 0 Å². The minimum absolute atomic E-state index is 0.0200. The van der Waals surface area contributed by atoms with Gasteiger partial charge in [0.15, 0.2) is 10.8 Å². The van der Waals surface area contributed by atoms with E-state index in [1.54, 1.807) is 0 Å². The normalized spacial score (nSPS) is 18.6. The number of ether oxygens (including phenoxy) is 1. The summed E-state index contributed by atoms with van der Waals surface area (Å²) in [6, 6.07) is 0.180. The molecule has 1 aliphatic heterocycles. The van der Waals surface area contributed by atoms with Gasteiger partial charge in [-0.2, -0.15) is 27.1 Å². The molecular weight excluding hydrogens is 515 g/mol. The van der Waals surface area contributed by atoms with Crippen molar-refractivity contribution in [3.63, 3.8) is 0 Å². The number of alkyl halides is 5. The fourth-order valence-corrected chi connectivity index (χ4v) is 3.78. The maximum Gasteiger partial charge on any atom is 0.401 e. The van der Waals surface area contributed by atoms with Crippen LogP contribution in [0.15, 0.2) is 36.0 Å². The predicted octanol–water partition coefficient (Wildman–Crippen LogP) is 4.59. The molecule has 1 aliphatic rings. The summed E-state index contributed by atoms with van der Waals surface area (Å²) >= 11 is 5.87. The van der Waals surface area contributed by atoms with Gasteiger partial charge < -0.3 is 10.1 Å². The predicted molar refractivity (Wildman–Crippen MR) is 119 cm³/mol. The van der Waals surface area contributed by atoms with E-state index in [0.717, 1.165) is 22.5 Å². The highest BCUT2D eigenvalue weighted by Crippen LogP contribution is 2.49. The highest BCUT2D eigenvalue weighted by Gasteiger charge is 2.60. The highest BCUT2D eigenvalue weighted by molar-refractivity contribution is 6.29. The Morgan fingerprint density at radius 3 is 2.69 bits per heavy atom. The first-order valence-electron chi connectivity index (χ1n) is 10.6.